The molecule has 2 aromatic heterocycles. The van der Waals surface area contributed by atoms with E-state index >= 15 is 0 Å². The molecule has 1 atom stereocenters. The standard InChI is InChI=1S/C21H22ClN5O4/c1-21(2,9-18(29)30)8-17(28)27-10-15-14(23-11-24-15)7-16(27)20-25-19(26-31-20)12-3-5-13(22)6-4-12/h3-6,11,16H,7-10H2,1-2H3,(H,23,24)(H,29,30). The zero-order chi connectivity index (χ0) is 22.2. The van der Waals surface area contributed by atoms with Crippen LogP contribution in [0, 0.1) is 5.41 Å². The lowest BCUT2D eigenvalue weighted by molar-refractivity contribution is -0.142. The third-order valence-electron chi connectivity index (χ3n) is 5.31. The molecule has 1 unspecified atom stereocenters. The van der Waals surface area contributed by atoms with Gasteiger partial charge in [-0.15, -0.1) is 0 Å². The van der Waals surface area contributed by atoms with Crippen LogP contribution in [0.5, 0.6) is 0 Å². The zero-order valence-corrected chi connectivity index (χ0v) is 17.9. The van der Waals surface area contributed by atoms with Gasteiger partial charge in [-0.05, 0) is 29.7 Å². The summed E-state index contributed by atoms with van der Waals surface area (Å²) in [5, 5.41) is 13.8. The summed E-state index contributed by atoms with van der Waals surface area (Å²) in [4.78, 5) is 38.0. The van der Waals surface area contributed by atoms with Crippen LogP contribution in [-0.2, 0) is 22.6 Å². The maximum Gasteiger partial charge on any atom is 0.303 e. The highest BCUT2D eigenvalue weighted by Crippen LogP contribution is 2.35. The van der Waals surface area contributed by atoms with E-state index in [2.05, 4.69) is 20.1 Å². The summed E-state index contributed by atoms with van der Waals surface area (Å²) in [5.74, 6) is -0.405. The number of amides is 1. The summed E-state index contributed by atoms with van der Waals surface area (Å²) in [6, 6.07) is 6.58. The largest absolute Gasteiger partial charge is 0.481 e. The Morgan fingerprint density at radius 2 is 2.03 bits per heavy atom. The lowest BCUT2D eigenvalue weighted by atomic mass is 9.84. The van der Waals surface area contributed by atoms with Crippen LogP contribution in [0.15, 0.2) is 35.1 Å². The number of nitrogens with zero attached hydrogens (tertiary/aromatic N) is 4. The number of H-pyrrole nitrogens is 1. The van der Waals surface area contributed by atoms with E-state index in [1.54, 1.807) is 49.3 Å². The van der Waals surface area contributed by atoms with Crippen molar-refractivity contribution in [3.05, 3.63) is 52.9 Å². The van der Waals surface area contributed by atoms with Gasteiger partial charge in [0.2, 0.25) is 17.6 Å². The number of rotatable bonds is 6. The SMILES string of the molecule is CC(C)(CC(=O)O)CC(=O)N1Cc2[nH]cnc2CC1c1nc(-c2ccc(Cl)cc2)no1. The van der Waals surface area contributed by atoms with E-state index in [-0.39, 0.29) is 18.7 Å². The van der Waals surface area contributed by atoms with Crippen LogP contribution in [-0.4, -0.2) is 42.0 Å². The second kappa shape index (κ2) is 8.14. The number of benzene rings is 1. The van der Waals surface area contributed by atoms with E-state index in [4.69, 9.17) is 21.2 Å². The van der Waals surface area contributed by atoms with Gasteiger partial charge in [0.15, 0.2) is 0 Å². The number of carboxylic acid groups (broad SMARTS) is 1. The Labute approximate surface area is 183 Å². The van der Waals surface area contributed by atoms with Crippen molar-refractivity contribution in [3.63, 3.8) is 0 Å². The second-order valence-electron chi connectivity index (χ2n) is 8.44. The number of aromatic amines is 1. The fourth-order valence-electron chi connectivity index (χ4n) is 3.79. The Balaban J connectivity index is 1.62. The maximum absolute atomic E-state index is 13.2. The molecule has 1 aromatic carbocycles. The quantitative estimate of drug-likeness (QED) is 0.595. The molecule has 0 aliphatic carbocycles. The number of carbonyl (C=O) groups is 2. The van der Waals surface area contributed by atoms with Crippen molar-refractivity contribution in [2.24, 2.45) is 5.41 Å². The van der Waals surface area contributed by atoms with Crippen molar-refractivity contribution in [1.29, 1.82) is 0 Å². The third kappa shape index (κ3) is 4.61. The molecular weight excluding hydrogens is 422 g/mol. The minimum absolute atomic E-state index is 0.0808. The van der Waals surface area contributed by atoms with Crippen molar-refractivity contribution < 1.29 is 19.2 Å². The van der Waals surface area contributed by atoms with Gasteiger partial charge >= 0.3 is 5.97 Å². The van der Waals surface area contributed by atoms with Crippen molar-refractivity contribution in [1.82, 2.24) is 25.0 Å². The molecule has 0 saturated carbocycles. The first kappa shape index (κ1) is 21.0. The summed E-state index contributed by atoms with van der Waals surface area (Å²) in [5.41, 5.74) is 1.74. The van der Waals surface area contributed by atoms with Crippen LogP contribution < -0.4 is 0 Å². The zero-order valence-electron chi connectivity index (χ0n) is 17.1. The summed E-state index contributed by atoms with van der Waals surface area (Å²) >= 11 is 5.95. The number of fused-ring (bicyclic) bond motifs is 1. The highest BCUT2D eigenvalue weighted by atomic mass is 35.5. The van der Waals surface area contributed by atoms with E-state index in [0.717, 1.165) is 17.0 Å². The molecule has 0 radical (unpaired) electrons. The summed E-state index contributed by atoms with van der Waals surface area (Å²) in [7, 11) is 0. The van der Waals surface area contributed by atoms with E-state index in [1.807, 2.05) is 0 Å². The summed E-state index contributed by atoms with van der Waals surface area (Å²) in [6.07, 6.45) is 1.99. The van der Waals surface area contributed by atoms with E-state index in [1.165, 1.54) is 0 Å². The molecule has 1 aliphatic rings. The van der Waals surface area contributed by atoms with Crippen LogP contribution in [0.2, 0.25) is 5.02 Å². The van der Waals surface area contributed by atoms with Gasteiger partial charge in [-0.3, -0.25) is 9.59 Å². The normalized spacial score (nSPS) is 16.2. The summed E-state index contributed by atoms with van der Waals surface area (Å²) in [6.45, 7) is 3.84. The molecule has 9 nitrogen and oxygen atoms in total. The number of carboxylic acids is 1. The van der Waals surface area contributed by atoms with Gasteiger partial charge in [-0.25, -0.2) is 4.98 Å². The monoisotopic (exact) mass is 443 g/mol. The molecule has 0 spiro atoms. The highest BCUT2D eigenvalue weighted by Gasteiger charge is 2.38. The minimum Gasteiger partial charge on any atom is -0.481 e. The van der Waals surface area contributed by atoms with Crippen LogP contribution >= 0.6 is 11.6 Å². The van der Waals surface area contributed by atoms with Gasteiger partial charge in [-0.1, -0.05) is 30.6 Å². The third-order valence-corrected chi connectivity index (χ3v) is 5.56. The number of aromatic nitrogens is 4. The predicted octanol–water partition coefficient (Wildman–Crippen LogP) is 3.63. The highest BCUT2D eigenvalue weighted by molar-refractivity contribution is 6.30. The number of imidazole rings is 1. The summed E-state index contributed by atoms with van der Waals surface area (Å²) < 4.78 is 5.54. The van der Waals surface area contributed by atoms with Gasteiger partial charge < -0.3 is 19.5 Å². The number of halogens is 1. The fourth-order valence-corrected chi connectivity index (χ4v) is 3.91. The lowest BCUT2D eigenvalue weighted by Crippen LogP contribution is -2.41. The van der Waals surface area contributed by atoms with Crippen LogP contribution in [0.3, 0.4) is 0 Å². The first-order valence-electron chi connectivity index (χ1n) is 9.84. The molecule has 4 rings (SSSR count). The molecule has 2 N–H and O–H groups in total. The second-order valence-corrected chi connectivity index (χ2v) is 8.88. The average molecular weight is 444 g/mol. The van der Waals surface area contributed by atoms with Crippen molar-refractivity contribution >= 4 is 23.5 Å². The molecular formula is C21H22ClN5O4. The Morgan fingerprint density at radius 1 is 1.29 bits per heavy atom. The molecule has 1 amide bonds. The number of aliphatic carboxylic acids is 1. The predicted molar refractivity (Wildman–Crippen MR) is 111 cm³/mol. The smallest absolute Gasteiger partial charge is 0.303 e. The van der Waals surface area contributed by atoms with Crippen molar-refractivity contribution in [2.75, 3.05) is 0 Å². The van der Waals surface area contributed by atoms with Gasteiger partial charge in [0.1, 0.15) is 6.04 Å². The molecule has 3 heterocycles. The Kier molecular flexibility index (Phi) is 5.53. The first-order chi connectivity index (χ1) is 14.7. The number of carbonyl (C=O) groups excluding carboxylic acids is 1. The van der Waals surface area contributed by atoms with Crippen LogP contribution in [0.4, 0.5) is 0 Å². The Morgan fingerprint density at radius 3 is 2.74 bits per heavy atom. The van der Waals surface area contributed by atoms with Crippen molar-refractivity contribution in [3.8, 4) is 11.4 Å². The molecule has 10 heteroatoms. The molecule has 0 fully saturated rings. The lowest BCUT2D eigenvalue weighted by Gasteiger charge is -2.35. The number of hydrogen-bond donors (Lipinski definition) is 2. The molecule has 3 aromatic rings. The first-order valence-corrected chi connectivity index (χ1v) is 10.2. The van der Waals surface area contributed by atoms with Gasteiger partial charge in [0, 0.05) is 23.4 Å². The number of hydrogen-bond acceptors (Lipinski definition) is 6. The van der Waals surface area contributed by atoms with E-state index in [9.17, 15) is 9.59 Å². The molecule has 0 bridgehead atoms. The maximum atomic E-state index is 13.2. The molecule has 0 saturated heterocycles. The van der Waals surface area contributed by atoms with E-state index in [0.29, 0.717) is 29.7 Å². The Hall–Kier alpha value is -3.20. The topological polar surface area (TPSA) is 125 Å². The number of nitrogens with one attached hydrogen (secondary N) is 1. The fraction of sp³-hybridized carbons (Fsp3) is 0.381. The van der Waals surface area contributed by atoms with Gasteiger partial charge in [0.25, 0.3) is 0 Å². The molecule has 1 aliphatic heterocycles. The van der Waals surface area contributed by atoms with Crippen LogP contribution in [0.25, 0.3) is 11.4 Å². The molecule has 162 valence electrons. The van der Waals surface area contributed by atoms with Crippen molar-refractivity contribution in [2.45, 2.75) is 45.7 Å². The average Bonchev–Trinajstić information content (AvgIpc) is 3.35. The van der Waals surface area contributed by atoms with Gasteiger partial charge in [0.05, 0.1) is 30.7 Å². The minimum atomic E-state index is -0.937. The van der Waals surface area contributed by atoms with E-state index < -0.39 is 17.4 Å². The van der Waals surface area contributed by atoms with Gasteiger partial charge in [-0.2, -0.15) is 4.98 Å². The Bertz CT molecular complexity index is 1110. The van der Waals surface area contributed by atoms with Crippen LogP contribution in [0.1, 0.15) is 50.0 Å². The molecule has 31 heavy (non-hydrogen) atoms.